The molecule has 4 nitrogen and oxygen atoms in total. The molecule has 18 heavy (non-hydrogen) atoms. The van der Waals surface area contributed by atoms with Crippen LogP contribution in [0.4, 0.5) is 5.69 Å². The smallest absolute Gasteiger partial charge is 0.241 e. The summed E-state index contributed by atoms with van der Waals surface area (Å²) in [6.45, 7) is 0. The molecule has 0 aliphatic carbocycles. The van der Waals surface area contributed by atoms with Gasteiger partial charge in [0.2, 0.25) is 5.91 Å². The topological polar surface area (TPSA) is 75.3 Å². The van der Waals surface area contributed by atoms with Crippen molar-refractivity contribution in [1.82, 2.24) is 0 Å². The van der Waals surface area contributed by atoms with Gasteiger partial charge in [-0.05, 0) is 35.6 Å². The predicted octanol–water partition coefficient (Wildman–Crippen LogP) is 1.96. The number of carbonyl (C=O) groups excluding carboxylic acids is 1. The monoisotopic (exact) mass is 262 g/mol. The van der Waals surface area contributed by atoms with Gasteiger partial charge < -0.3 is 16.2 Å². The number of aromatic hydroxyl groups is 1. The van der Waals surface area contributed by atoms with Crippen molar-refractivity contribution in [1.29, 1.82) is 0 Å². The lowest BCUT2D eigenvalue weighted by molar-refractivity contribution is -0.117. The minimum Gasteiger partial charge on any atom is -0.508 e. The highest BCUT2D eigenvalue weighted by atomic mass is 32.1. The van der Waals surface area contributed by atoms with E-state index < -0.39 is 6.04 Å². The van der Waals surface area contributed by atoms with E-state index in [9.17, 15) is 4.79 Å². The van der Waals surface area contributed by atoms with Crippen LogP contribution < -0.4 is 11.1 Å². The lowest BCUT2D eigenvalue weighted by atomic mass is 10.1. The number of hydrogen-bond donors (Lipinski definition) is 3. The van der Waals surface area contributed by atoms with E-state index in [1.807, 2.05) is 16.8 Å². The first-order chi connectivity index (χ1) is 8.65. The van der Waals surface area contributed by atoms with Crippen molar-refractivity contribution >= 4 is 22.9 Å². The molecule has 0 saturated heterocycles. The molecule has 2 aromatic rings. The molecule has 1 heterocycles. The third-order valence-electron chi connectivity index (χ3n) is 2.52. The highest BCUT2D eigenvalue weighted by Gasteiger charge is 2.14. The summed E-state index contributed by atoms with van der Waals surface area (Å²) in [5.74, 6) is -0.00322. The average Bonchev–Trinajstić information content (AvgIpc) is 2.85. The van der Waals surface area contributed by atoms with Gasteiger partial charge in [-0.3, -0.25) is 4.79 Å². The standard InChI is InChI=1S/C13H14N2O2S/c14-12(7-9-1-3-11(16)4-2-9)13(17)15-10-5-6-18-8-10/h1-6,8,12,16H,7,14H2,(H,15,17)/t12-/m0/s1. The summed E-state index contributed by atoms with van der Waals surface area (Å²) in [4.78, 5) is 11.8. The highest BCUT2D eigenvalue weighted by molar-refractivity contribution is 7.08. The van der Waals surface area contributed by atoms with E-state index in [1.165, 1.54) is 11.3 Å². The number of nitrogens with one attached hydrogen (secondary N) is 1. The molecule has 5 heteroatoms. The average molecular weight is 262 g/mol. The number of hydrogen-bond acceptors (Lipinski definition) is 4. The van der Waals surface area contributed by atoms with E-state index in [0.29, 0.717) is 6.42 Å². The Morgan fingerprint density at radius 2 is 2.06 bits per heavy atom. The Labute approximate surface area is 109 Å². The Morgan fingerprint density at radius 3 is 2.67 bits per heavy atom. The molecular weight excluding hydrogens is 248 g/mol. The second-order valence-electron chi connectivity index (χ2n) is 3.98. The SMILES string of the molecule is N[C@@H](Cc1ccc(O)cc1)C(=O)Nc1ccsc1. The van der Waals surface area contributed by atoms with E-state index in [-0.39, 0.29) is 11.7 Å². The fourth-order valence-electron chi connectivity index (χ4n) is 1.55. The maximum atomic E-state index is 11.8. The minimum absolute atomic E-state index is 0.204. The molecule has 1 aromatic heterocycles. The first-order valence-electron chi connectivity index (χ1n) is 5.51. The van der Waals surface area contributed by atoms with Gasteiger partial charge in [-0.2, -0.15) is 11.3 Å². The molecule has 1 aromatic carbocycles. The van der Waals surface area contributed by atoms with Gasteiger partial charge in [-0.1, -0.05) is 12.1 Å². The molecule has 0 unspecified atom stereocenters. The number of anilines is 1. The van der Waals surface area contributed by atoms with Crippen LogP contribution in [-0.4, -0.2) is 17.1 Å². The van der Waals surface area contributed by atoms with Crippen molar-refractivity contribution in [3.63, 3.8) is 0 Å². The van der Waals surface area contributed by atoms with E-state index in [4.69, 9.17) is 10.8 Å². The molecule has 94 valence electrons. The van der Waals surface area contributed by atoms with Crippen LogP contribution in [0.25, 0.3) is 0 Å². The van der Waals surface area contributed by atoms with Crippen LogP contribution in [-0.2, 0) is 11.2 Å². The lowest BCUT2D eigenvalue weighted by Gasteiger charge is -2.11. The van der Waals surface area contributed by atoms with Crippen molar-refractivity contribution in [2.75, 3.05) is 5.32 Å². The number of amides is 1. The van der Waals surface area contributed by atoms with Gasteiger partial charge in [0.05, 0.1) is 11.7 Å². The molecule has 0 aliphatic heterocycles. The quantitative estimate of drug-likeness (QED) is 0.788. The van der Waals surface area contributed by atoms with E-state index in [2.05, 4.69) is 5.32 Å². The molecule has 0 aliphatic rings. The molecule has 1 atom stereocenters. The zero-order valence-electron chi connectivity index (χ0n) is 9.67. The van der Waals surface area contributed by atoms with Crippen LogP contribution in [0.1, 0.15) is 5.56 Å². The van der Waals surface area contributed by atoms with E-state index >= 15 is 0 Å². The number of rotatable bonds is 4. The van der Waals surface area contributed by atoms with Gasteiger partial charge in [0.25, 0.3) is 0 Å². The first kappa shape index (κ1) is 12.6. The van der Waals surface area contributed by atoms with Crippen molar-refractivity contribution in [3.8, 4) is 5.75 Å². The predicted molar refractivity (Wildman–Crippen MR) is 72.7 cm³/mol. The van der Waals surface area contributed by atoms with Gasteiger partial charge in [0.15, 0.2) is 0 Å². The number of nitrogens with two attached hydrogens (primary N) is 1. The molecule has 4 N–H and O–H groups in total. The zero-order valence-corrected chi connectivity index (χ0v) is 10.5. The third kappa shape index (κ3) is 3.32. The van der Waals surface area contributed by atoms with Gasteiger partial charge >= 0.3 is 0 Å². The molecule has 0 fully saturated rings. The number of phenolic OH excluding ortho intramolecular Hbond substituents is 1. The molecule has 1 amide bonds. The fraction of sp³-hybridized carbons (Fsp3) is 0.154. The number of phenols is 1. The largest absolute Gasteiger partial charge is 0.508 e. The number of carbonyl (C=O) groups is 1. The second kappa shape index (κ2) is 5.66. The summed E-state index contributed by atoms with van der Waals surface area (Å²) < 4.78 is 0. The Morgan fingerprint density at radius 1 is 1.33 bits per heavy atom. The van der Waals surface area contributed by atoms with Crippen LogP contribution in [0.5, 0.6) is 5.75 Å². The molecule has 2 rings (SSSR count). The van der Waals surface area contributed by atoms with Crippen LogP contribution in [0.3, 0.4) is 0 Å². The molecule has 0 bridgehead atoms. The second-order valence-corrected chi connectivity index (χ2v) is 4.76. The summed E-state index contributed by atoms with van der Waals surface area (Å²) in [5, 5.41) is 15.7. The highest BCUT2D eigenvalue weighted by Crippen LogP contribution is 2.14. The summed E-state index contributed by atoms with van der Waals surface area (Å²) in [5.41, 5.74) is 7.52. The normalized spacial score (nSPS) is 12.1. The Bertz CT molecular complexity index is 508. The van der Waals surface area contributed by atoms with Crippen LogP contribution >= 0.6 is 11.3 Å². The summed E-state index contributed by atoms with van der Waals surface area (Å²) in [6, 6.07) is 7.91. The van der Waals surface area contributed by atoms with Crippen LogP contribution in [0.2, 0.25) is 0 Å². The van der Waals surface area contributed by atoms with Gasteiger partial charge in [0.1, 0.15) is 5.75 Å². The summed E-state index contributed by atoms with van der Waals surface area (Å²) >= 11 is 1.52. The van der Waals surface area contributed by atoms with Gasteiger partial charge in [-0.15, -0.1) is 0 Å². The van der Waals surface area contributed by atoms with Gasteiger partial charge in [-0.25, -0.2) is 0 Å². The van der Waals surface area contributed by atoms with E-state index in [1.54, 1.807) is 24.3 Å². The van der Waals surface area contributed by atoms with E-state index in [0.717, 1.165) is 11.3 Å². The molecule has 0 spiro atoms. The van der Waals surface area contributed by atoms with Crippen molar-refractivity contribution in [2.24, 2.45) is 5.73 Å². The van der Waals surface area contributed by atoms with Crippen LogP contribution in [0.15, 0.2) is 41.1 Å². The van der Waals surface area contributed by atoms with Crippen molar-refractivity contribution in [3.05, 3.63) is 46.7 Å². The fourth-order valence-corrected chi connectivity index (χ4v) is 2.14. The zero-order chi connectivity index (χ0) is 13.0. The van der Waals surface area contributed by atoms with Crippen molar-refractivity contribution in [2.45, 2.75) is 12.5 Å². The summed E-state index contributed by atoms with van der Waals surface area (Å²) in [7, 11) is 0. The first-order valence-corrected chi connectivity index (χ1v) is 6.46. The minimum atomic E-state index is -0.602. The Balaban J connectivity index is 1.93. The summed E-state index contributed by atoms with van der Waals surface area (Å²) in [6.07, 6.45) is 0.441. The van der Waals surface area contributed by atoms with Gasteiger partial charge in [0, 0.05) is 5.38 Å². The maximum absolute atomic E-state index is 11.8. The lowest BCUT2D eigenvalue weighted by Crippen LogP contribution is -2.37. The molecule has 0 saturated carbocycles. The molecule has 0 radical (unpaired) electrons. The Hall–Kier alpha value is -1.85. The Kier molecular flexibility index (Phi) is 3.96. The maximum Gasteiger partial charge on any atom is 0.241 e. The molecular formula is C13H14N2O2S. The number of benzene rings is 1. The van der Waals surface area contributed by atoms with Crippen LogP contribution in [0, 0.1) is 0 Å². The third-order valence-corrected chi connectivity index (χ3v) is 3.20. The number of thiophene rings is 1. The van der Waals surface area contributed by atoms with Crippen molar-refractivity contribution < 1.29 is 9.90 Å².